The van der Waals surface area contributed by atoms with Gasteiger partial charge in [-0.1, -0.05) is 15.9 Å². The average Bonchev–Trinajstić information content (AvgIpc) is 2.58. The van der Waals surface area contributed by atoms with Crippen LogP contribution < -0.4 is 5.32 Å². The second-order valence-electron chi connectivity index (χ2n) is 5.53. The van der Waals surface area contributed by atoms with E-state index in [1.807, 2.05) is 0 Å². The number of likely N-dealkylation sites (tertiary alicyclic amines) is 1. The molecule has 0 aromatic heterocycles. The van der Waals surface area contributed by atoms with Crippen LogP contribution >= 0.6 is 31.9 Å². The van der Waals surface area contributed by atoms with E-state index in [9.17, 15) is 0 Å². The molecule has 0 radical (unpaired) electrons. The van der Waals surface area contributed by atoms with Crippen molar-refractivity contribution in [1.82, 2.24) is 4.90 Å². The topological polar surface area (TPSA) is 15.3 Å². The van der Waals surface area contributed by atoms with Crippen molar-refractivity contribution in [2.45, 2.75) is 45.2 Å². The molecular weight excluding hydrogens is 368 g/mol. The van der Waals surface area contributed by atoms with Crippen molar-refractivity contribution in [3.8, 4) is 0 Å². The van der Waals surface area contributed by atoms with E-state index >= 15 is 0 Å². The van der Waals surface area contributed by atoms with Gasteiger partial charge in [0.2, 0.25) is 0 Å². The predicted molar refractivity (Wildman–Crippen MR) is 89.8 cm³/mol. The van der Waals surface area contributed by atoms with E-state index in [0.29, 0.717) is 12.1 Å². The van der Waals surface area contributed by atoms with Gasteiger partial charge in [-0.25, -0.2) is 0 Å². The van der Waals surface area contributed by atoms with Gasteiger partial charge in [-0.15, -0.1) is 0 Å². The Morgan fingerprint density at radius 1 is 1.21 bits per heavy atom. The first-order valence-corrected chi connectivity index (χ1v) is 8.60. The fraction of sp³-hybridized carbons (Fsp3) is 0.600. The zero-order valence-corrected chi connectivity index (χ0v) is 14.8. The molecule has 1 atom stereocenters. The van der Waals surface area contributed by atoms with Crippen LogP contribution in [0.2, 0.25) is 0 Å². The highest BCUT2D eigenvalue weighted by Crippen LogP contribution is 2.28. The Labute approximate surface area is 133 Å². The number of halogens is 2. The van der Waals surface area contributed by atoms with Crippen molar-refractivity contribution in [3.05, 3.63) is 27.1 Å². The summed E-state index contributed by atoms with van der Waals surface area (Å²) in [4.78, 5) is 2.58. The van der Waals surface area contributed by atoms with Crippen molar-refractivity contribution in [2.24, 2.45) is 0 Å². The van der Waals surface area contributed by atoms with Gasteiger partial charge in [-0.2, -0.15) is 0 Å². The van der Waals surface area contributed by atoms with Crippen LogP contribution in [0.15, 0.2) is 27.1 Å². The quantitative estimate of drug-likeness (QED) is 0.791. The minimum Gasteiger partial charge on any atom is -0.381 e. The highest BCUT2D eigenvalue weighted by atomic mass is 79.9. The number of hydrogen-bond donors (Lipinski definition) is 1. The Hall–Kier alpha value is -0.0600. The maximum Gasteiger partial charge on any atom is 0.0487 e. The third-order valence-corrected chi connectivity index (χ3v) is 4.93. The molecule has 4 heteroatoms. The van der Waals surface area contributed by atoms with Crippen LogP contribution in [0.1, 0.15) is 33.1 Å². The van der Waals surface area contributed by atoms with Crippen LogP contribution in [0.25, 0.3) is 0 Å². The molecule has 19 heavy (non-hydrogen) atoms. The summed E-state index contributed by atoms with van der Waals surface area (Å²) < 4.78 is 2.24. The van der Waals surface area contributed by atoms with Crippen LogP contribution in [-0.4, -0.2) is 30.1 Å². The highest BCUT2D eigenvalue weighted by Gasteiger charge is 2.18. The van der Waals surface area contributed by atoms with Crippen LogP contribution in [0.4, 0.5) is 5.69 Å². The monoisotopic (exact) mass is 388 g/mol. The molecule has 0 amide bonds. The molecule has 0 saturated carbocycles. The fourth-order valence-electron chi connectivity index (χ4n) is 2.61. The lowest BCUT2D eigenvalue weighted by Crippen LogP contribution is -2.32. The van der Waals surface area contributed by atoms with Gasteiger partial charge in [0.1, 0.15) is 0 Å². The molecule has 0 bridgehead atoms. The Morgan fingerprint density at radius 3 is 2.68 bits per heavy atom. The molecule has 2 rings (SSSR count). The van der Waals surface area contributed by atoms with Crippen molar-refractivity contribution in [2.75, 3.05) is 18.4 Å². The molecule has 1 heterocycles. The van der Waals surface area contributed by atoms with E-state index in [-0.39, 0.29) is 0 Å². The summed E-state index contributed by atoms with van der Waals surface area (Å²) in [5.74, 6) is 0. The van der Waals surface area contributed by atoms with Gasteiger partial charge in [0.15, 0.2) is 0 Å². The minimum absolute atomic E-state index is 0.584. The molecule has 2 nitrogen and oxygen atoms in total. The third kappa shape index (κ3) is 4.47. The number of nitrogens with one attached hydrogen (secondary N) is 1. The molecule has 0 aliphatic carbocycles. The summed E-state index contributed by atoms with van der Waals surface area (Å²) in [5, 5.41) is 3.68. The molecule has 1 aromatic rings. The SMILES string of the molecule is CC(C)N1CCCC(Nc2ccc(Br)cc2Br)CC1. The van der Waals surface area contributed by atoms with Crippen molar-refractivity contribution >= 4 is 37.5 Å². The Balaban J connectivity index is 1.96. The number of benzene rings is 1. The Bertz CT molecular complexity index is 421. The first kappa shape index (κ1) is 15.3. The van der Waals surface area contributed by atoms with Gasteiger partial charge < -0.3 is 10.2 Å². The fourth-order valence-corrected chi connectivity index (χ4v) is 3.77. The van der Waals surface area contributed by atoms with Crippen LogP contribution in [0, 0.1) is 0 Å². The molecule has 1 aliphatic rings. The molecule has 1 saturated heterocycles. The van der Waals surface area contributed by atoms with Crippen molar-refractivity contribution in [1.29, 1.82) is 0 Å². The molecule has 1 unspecified atom stereocenters. The van der Waals surface area contributed by atoms with Crippen LogP contribution in [0.5, 0.6) is 0 Å². The third-order valence-electron chi connectivity index (χ3n) is 3.78. The van der Waals surface area contributed by atoms with Crippen LogP contribution in [-0.2, 0) is 0 Å². The number of anilines is 1. The number of hydrogen-bond acceptors (Lipinski definition) is 2. The summed E-state index contributed by atoms with van der Waals surface area (Å²) in [7, 11) is 0. The molecule has 1 N–H and O–H groups in total. The van der Waals surface area contributed by atoms with Gasteiger partial charge >= 0.3 is 0 Å². The first-order valence-electron chi connectivity index (χ1n) is 7.02. The first-order chi connectivity index (χ1) is 9.06. The highest BCUT2D eigenvalue weighted by molar-refractivity contribution is 9.11. The van der Waals surface area contributed by atoms with Gasteiger partial charge in [0, 0.05) is 33.3 Å². The van der Waals surface area contributed by atoms with Crippen molar-refractivity contribution in [3.63, 3.8) is 0 Å². The molecular formula is C15H22Br2N2. The Kier molecular flexibility index (Phi) is 5.72. The van der Waals surface area contributed by atoms with Gasteiger partial charge in [-0.3, -0.25) is 0 Å². The molecule has 1 aromatic carbocycles. The lowest BCUT2D eigenvalue weighted by atomic mass is 10.1. The zero-order chi connectivity index (χ0) is 13.8. The number of rotatable bonds is 3. The largest absolute Gasteiger partial charge is 0.381 e. The summed E-state index contributed by atoms with van der Waals surface area (Å²) in [6, 6.07) is 7.57. The van der Waals surface area contributed by atoms with Gasteiger partial charge in [0.05, 0.1) is 0 Å². The summed E-state index contributed by atoms with van der Waals surface area (Å²) in [5.41, 5.74) is 1.20. The van der Waals surface area contributed by atoms with E-state index in [1.165, 1.54) is 38.0 Å². The lowest BCUT2D eigenvalue weighted by Gasteiger charge is -2.24. The van der Waals surface area contributed by atoms with E-state index in [1.54, 1.807) is 0 Å². The maximum absolute atomic E-state index is 3.68. The number of nitrogens with zero attached hydrogens (tertiary/aromatic N) is 1. The Morgan fingerprint density at radius 2 is 2.00 bits per heavy atom. The van der Waals surface area contributed by atoms with E-state index in [2.05, 4.69) is 74.1 Å². The van der Waals surface area contributed by atoms with E-state index < -0.39 is 0 Å². The normalized spacial score (nSPS) is 21.4. The summed E-state index contributed by atoms with van der Waals surface area (Å²) in [6.45, 7) is 7.01. The second kappa shape index (κ2) is 7.09. The standard InChI is InChI=1S/C15H22Br2N2/c1-11(2)19-8-3-4-13(7-9-19)18-15-6-5-12(16)10-14(15)17/h5-6,10-11,13,18H,3-4,7-9H2,1-2H3. The molecule has 106 valence electrons. The lowest BCUT2D eigenvalue weighted by molar-refractivity contribution is 0.230. The van der Waals surface area contributed by atoms with E-state index in [4.69, 9.17) is 0 Å². The van der Waals surface area contributed by atoms with Gasteiger partial charge in [0.25, 0.3) is 0 Å². The van der Waals surface area contributed by atoms with Crippen molar-refractivity contribution < 1.29 is 0 Å². The average molecular weight is 390 g/mol. The van der Waals surface area contributed by atoms with E-state index in [0.717, 1.165) is 8.95 Å². The summed E-state index contributed by atoms with van der Waals surface area (Å²) >= 11 is 7.12. The van der Waals surface area contributed by atoms with Crippen LogP contribution in [0.3, 0.4) is 0 Å². The second-order valence-corrected chi connectivity index (χ2v) is 7.30. The molecule has 0 spiro atoms. The van der Waals surface area contributed by atoms with Gasteiger partial charge in [-0.05, 0) is 73.8 Å². The minimum atomic E-state index is 0.584. The predicted octanol–water partition coefficient (Wildman–Crippen LogP) is 4.89. The zero-order valence-electron chi connectivity index (χ0n) is 11.6. The maximum atomic E-state index is 3.68. The summed E-state index contributed by atoms with van der Waals surface area (Å²) in [6.07, 6.45) is 3.76. The molecule has 1 fully saturated rings. The smallest absolute Gasteiger partial charge is 0.0487 e. The molecule has 1 aliphatic heterocycles.